The maximum Gasteiger partial charge on any atom is 0.416 e. The minimum Gasteiger partial charge on any atom is -0.352 e. The van der Waals surface area contributed by atoms with E-state index in [1.807, 2.05) is 30.3 Å². The van der Waals surface area contributed by atoms with E-state index < -0.39 is 11.7 Å². The molecule has 148 valence electrons. The first-order chi connectivity index (χ1) is 13.0. The lowest BCUT2D eigenvalue weighted by Crippen LogP contribution is -2.36. The number of benzene rings is 2. The summed E-state index contributed by atoms with van der Waals surface area (Å²) in [4.78, 5) is 8.53. The van der Waals surface area contributed by atoms with E-state index in [1.165, 1.54) is 6.07 Å². The van der Waals surface area contributed by atoms with Gasteiger partial charge in [-0.3, -0.25) is 9.98 Å². The number of nitrogens with one attached hydrogen (secondary N) is 2. The predicted molar refractivity (Wildman–Crippen MR) is 116 cm³/mol. The number of fused-ring (bicyclic) bond motifs is 1. The number of nitrogens with zero attached hydrogens (tertiary/aromatic N) is 2. The minimum atomic E-state index is -4.35. The Balaban J connectivity index is 0.00000280. The molecule has 0 aliphatic carbocycles. The summed E-state index contributed by atoms with van der Waals surface area (Å²) in [5.41, 5.74) is 1.78. The molecule has 1 aromatic heterocycles. The molecule has 0 bridgehead atoms. The molecule has 3 rings (SSSR count). The van der Waals surface area contributed by atoms with Gasteiger partial charge >= 0.3 is 6.18 Å². The lowest BCUT2D eigenvalue weighted by Gasteiger charge is -2.14. The normalized spacial score (nSPS) is 11.8. The first-order valence-corrected chi connectivity index (χ1v) is 8.40. The van der Waals surface area contributed by atoms with Crippen LogP contribution in [0.3, 0.4) is 0 Å². The number of guanidine groups is 1. The first-order valence-electron chi connectivity index (χ1n) is 8.40. The Morgan fingerprint density at radius 3 is 2.46 bits per heavy atom. The van der Waals surface area contributed by atoms with Crippen LogP contribution in [-0.2, 0) is 19.3 Å². The highest BCUT2D eigenvalue weighted by Gasteiger charge is 2.30. The fourth-order valence-electron chi connectivity index (χ4n) is 2.75. The minimum absolute atomic E-state index is 0. The van der Waals surface area contributed by atoms with E-state index in [0.29, 0.717) is 18.1 Å². The van der Waals surface area contributed by atoms with Gasteiger partial charge in [0.25, 0.3) is 0 Å². The van der Waals surface area contributed by atoms with Gasteiger partial charge in [0.2, 0.25) is 0 Å². The predicted octanol–water partition coefficient (Wildman–Crippen LogP) is 4.74. The van der Waals surface area contributed by atoms with E-state index in [0.717, 1.165) is 28.6 Å². The van der Waals surface area contributed by atoms with Crippen LogP contribution in [0.2, 0.25) is 0 Å². The summed E-state index contributed by atoms with van der Waals surface area (Å²) in [5.74, 6) is 0.500. The van der Waals surface area contributed by atoms with E-state index in [1.54, 1.807) is 19.3 Å². The van der Waals surface area contributed by atoms with E-state index in [2.05, 4.69) is 20.6 Å². The fraction of sp³-hybridized carbons (Fsp3) is 0.200. The molecule has 0 saturated heterocycles. The maximum absolute atomic E-state index is 12.8. The number of alkyl halides is 3. The van der Waals surface area contributed by atoms with Crippen LogP contribution in [0, 0.1) is 0 Å². The van der Waals surface area contributed by atoms with Gasteiger partial charge in [0, 0.05) is 31.7 Å². The monoisotopic (exact) mass is 500 g/mol. The summed E-state index contributed by atoms with van der Waals surface area (Å²) in [5, 5.41) is 7.25. The summed E-state index contributed by atoms with van der Waals surface area (Å²) >= 11 is 0. The molecule has 0 amide bonds. The lowest BCUT2D eigenvalue weighted by molar-refractivity contribution is -0.137. The Morgan fingerprint density at radius 1 is 1.00 bits per heavy atom. The summed E-state index contributed by atoms with van der Waals surface area (Å²) in [6.45, 7) is 0.730. The van der Waals surface area contributed by atoms with Crippen LogP contribution < -0.4 is 10.6 Å². The zero-order chi connectivity index (χ0) is 19.3. The molecule has 2 aromatic carbocycles. The lowest BCUT2D eigenvalue weighted by atomic mass is 10.1. The van der Waals surface area contributed by atoms with Gasteiger partial charge in [-0.1, -0.05) is 36.4 Å². The molecule has 0 radical (unpaired) electrons. The Kier molecular flexibility index (Phi) is 7.61. The number of hydrogen-bond acceptors (Lipinski definition) is 2. The van der Waals surface area contributed by atoms with Gasteiger partial charge in [-0.05, 0) is 29.3 Å². The van der Waals surface area contributed by atoms with Crippen LogP contribution in [0.4, 0.5) is 13.2 Å². The highest BCUT2D eigenvalue weighted by molar-refractivity contribution is 14.0. The van der Waals surface area contributed by atoms with Crippen molar-refractivity contribution < 1.29 is 13.2 Å². The van der Waals surface area contributed by atoms with Gasteiger partial charge in [-0.2, -0.15) is 13.2 Å². The summed E-state index contributed by atoms with van der Waals surface area (Å²) < 4.78 is 38.4. The van der Waals surface area contributed by atoms with Crippen molar-refractivity contribution in [3.8, 4) is 0 Å². The Bertz CT molecular complexity index is 952. The number of para-hydroxylation sites is 1. The first kappa shape index (κ1) is 21.9. The summed E-state index contributed by atoms with van der Waals surface area (Å²) in [6.07, 6.45) is -2.61. The van der Waals surface area contributed by atoms with Gasteiger partial charge in [-0.25, -0.2) is 0 Å². The second-order valence-electron chi connectivity index (χ2n) is 5.97. The number of aromatic nitrogens is 1. The zero-order valence-corrected chi connectivity index (χ0v) is 17.5. The van der Waals surface area contributed by atoms with Gasteiger partial charge in [0.05, 0.1) is 11.1 Å². The molecule has 0 aliphatic rings. The SMILES string of the molecule is CN=C(NCc1cccc(C(F)(F)F)c1)NCc1cccc2cccnc12.I. The molecule has 1 heterocycles. The van der Waals surface area contributed by atoms with E-state index in [-0.39, 0.29) is 30.5 Å². The van der Waals surface area contributed by atoms with Crippen LogP contribution in [-0.4, -0.2) is 18.0 Å². The van der Waals surface area contributed by atoms with Crippen molar-refractivity contribution in [3.63, 3.8) is 0 Å². The van der Waals surface area contributed by atoms with Crippen LogP contribution in [0.25, 0.3) is 10.9 Å². The Hall–Kier alpha value is -2.36. The number of rotatable bonds is 4. The van der Waals surface area contributed by atoms with Gasteiger partial charge in [0.1, 0.15) is 0 Å². The molecule has 0 aliphatic heterocycles. The second kappa shape index (κ2) is 9.72. The molecular formula is C20H20F3IN4. The van der Waals surface area contributed by atoms with Crippen molar-refractivity contribution in [1.29, 1.82) is 0 Å². The molecule has 2 N–H and O–H groups in total. The molecule has 0 spiro atoms. The fourth-order valence-corrected chi connectivity index (χ4v) is 2.75. The third kappa shape index (κ3) is 5.57. The van der Waals surface area contributed by atoms with Crippen molar-refractivity contribution in [3.05, 3.63) is 77.5 Å². The number of halogens is 4. The van der Waals surface area contributed by atoms with Gasteiger partial charge in [-0.15, -0.1) is 24.0 Å². The van der Waals surface area contributed by atoms with Gasteiger partial charge in [0.15, 0.2) is 5.96 Å². The third-order valence-electron chi connectivity index (χ3n) is 4.10. The summed E-state index contributed by atoms with van der Waals surface area (Å²) in [7, 11) is 1.61. The quantitative estimate of drug-likeness (QED) is 0.309. The summed E-state index contributed by atoms with van der Waals surface area (Å²) in [6, 6.07) is 15.0. The molecular weight excluding hydrogens is 480 g/mol. The second-order valence-corrected chi connectivity index (χ2v) is 5.97. The number of pyridine rings is 1. The molecule has 0 atom stereocenters. The van der Waals surface area contributed by atoms with E-state index >= 15 is 0 Å². The topological polar surface area (TPSA) is 49.3 Å². The Morgan fingerprint density at radius 2 is 1.71 bits per heavy atom. The molecule has 8 heteroatoms. The largest absolute Gasteiger partial charge is 0.416 e. The molecule has 0 saturated carbocycles. The number of hydrogen-bond donors (Lipinski definition) is 2. The standard InChI is InChI=1S/C20H19F3N4.HI/c1-24-19(26-12-14-5-2-9-17(11-14)20(21,22)23)27-13-16-7-3-6-15-8-4-10-25-18(15)16;/h2-11H,12-13H2,1H3,(H2,24,26,27);1H. The van der Waals surface area contributed by atoms with Gasteiger partial charge < -0.3 is 10.6 Å². The van der Waals surface area contributed by atoms with E-state index in [4.69, 9.17) is 0 Å². The van der Waals surface area contributed by atoms with Crippen molar-refractivity contribution in [1.82, 2.24) is 15.6 Å². The van der Waals surface area contributed by atoms with Crippen molar-refractivity contribution in [2.75, 3.05) is 7.05 Å². The van der Waals surface area contributed by atoms with Crippen LogP contribution in [0.5, 0.6) is 0 Å². The molecule has 28 heavy (non-hydrogen) atoms. The smallest absolute Gasteiger partial charge is 0.352 e. The van der Waals surface area contributed by atoms with Crippen molar-refractivity contribution in [2.45, 2.75) is 19.3 Å². The Labute approximate surface area is 178 Å². The van der Waals surface area contributed by atoms with Crippen molar-refractivity contribution in [2.24, 2.45) is 4.99 Å². The number of aliphatic imine (C=N–C) groups is 1. The van der Waals surface area contributed by atoms with Crippen LogP contribution >= 0.6 is 24.0 Å². The van der Waals surface area contributed by atoms with Crippen LogP contribution in [0.1, 0.15) is 16.7 Å². The highest BCUT2D eigenvalue weighted by Crippen LogP contribution is 2.29. The average molecular weight is 500 g/mol. The van der Waals surface area contributed by atoms with E-state index in [9.17, 15) is 13.2 Å². The molecule has 0 unspecified atom stereocenters. The molecule has 4 nitrogen and oxygen atoms in total. The molecule has 0 fully saturated rings. The highest BCUT2D eigenvalue weighted by atomic mass is 127. The average Bonchev–Trinajstić information content (AvgIpc) is 2.68. The zero-order valence-electron chi connectivity index (χ0n) is 15.1. The van der Waals surface area contributed by atoms with Crippen molar-refractivity contribution >= 4 is 40.8 Å². The molecule has 3 aromatic rings. The maximum atomic E-state index is 12.8. The third-order valence-corrected chi connectivity index (χ3v) is 4.10. The van der Waals surface area contributed by atoms with Crippen LogP contribution in [0.15, 0.2) is 65.8 Å².